The Morgan fingerprint density at radius 3 is 2.29 bits per heavy atom. The number of carbonyl (C=O) groups excluding carboxylic acids is 1. The number of nitrogens with zero attached hydrogens (tertiary/aromatic N) is 1. The van der Waals surface area contributed by atoms with Gasteiger partial charge in [0.2, 0.25) is 0 Å². The zero-order valence-corrected chi connectivity index (χ0v) is 21.0. The van der Waals surface area contributed by atoms with Crippen LogP contribution in [0.3, 0.4) is 0 Å². The highest BCUT2D eigenvalue weighted by Gasteiger charge is 2.39. The van der Waals surface area contributed by atoms with Crippen LogP contribution in [0.4, 0.5) is 17.6 Å². The molecule has 0 bridgehead atoms. The first-order valence-electron chi connectivity index (χ1n) is 11.6. The molecule has 9 heteroatoms. The second-order valence-corrected chi connectivity index (χ2v) is 9.09. The van der Waals surface area contributed by atoms with Crippen LogP contribution in [0.15, 0.2) is 91.1 Å². The minimum absolute atomic E-state index is 0.0130. The number of hydrogen-bond donors (Lipinski definition) is 1. The molecular weight excluding hydrogens is 520 g/mol. The molecule has 0 aliphatic carbocycles. The summed E-state index contributed by atoms with van der Waals surface area (Å²) in [5, 5.41) is 3.66. The van der Waals surface area contributed by atoms with E-state index >= 15 is 0 Å². The number of benzene rings is 3. The van der Waals surface area contributed by atoms with Crippen molar-refractivity contribution in [1.82, 2.24) is 10.3 Å². The molecule has 0 fully saturated rings. The van der Waals surface area contributed by atoms with Gasteiger partial charge in [-0.2, -0.15) is 13.2 Å². The second kappa shape index (κ2) is 11.3. The zero-order valence-electron chi connectivity index (χ0n) is 20.2. The van der Waals surface area contributed by atoms with Gasteiger partial charge in [-0.25, -0.2) is 9.18 Å². The molecule has 0 saturated carbocycles. The van der Waals surface area contributed by atoms with Crippen LogP contribution in [0.25, 0.3) is 0 Å². The van der Waals surface area contributed by atoms with E-state index in [2.05, 4.69) is 10.3 Å². The van der Waals surface area contributed by atoms with Crippen molar-refractivity contribution in [2.45, 2.75) is 24.7 Å². The summed E-state index contributed by atoms with van der Waals surface area (Å²) in [5.74, 6) is -1.61. The molecule has 1 aromatic heterocycles. The molecule has 0 radical (unpaired) electrons. The number of esters is 1. The number of methoxy groups -OCH3 is 1. The van der Waals surface area contributed by atoms with E-state index in [4.69, 9.17) is 16.3 Å². The topological polar surface area (TPSA) is 51.2 Å². The number of hydrogen-bond acceptors (Lipinski definition) is 4. The molecule has 0 saturated heterocycles. The number of alkyl halides is 3. The lowest BCUT2D eigenvalue weighted by Crippen LogP contribution is -2.46. The average Bonchev–Trinajstić information content (AvgIpc) is 2.91. The fourth-order valence-corrected chi connectivity index (χ4v) is 4.47. The minimum atomic E-state index is -4.78. The summed E-state index contributed by atoms with van der Waals surface area (Å²) in [5.41, 5.74) is -0.656. The SMILES string of the molecule is COC(=O)c1ccccc1CNC(Cc1ccccc1)(c1cc(F)cc(C(F)(F)F)c1)c1ccc(Cl)cn1. The quantitative estimate of drug-likeness (QED) is 0.193. The average molecular weight is 543 g/mol. The summed E-state index contributed by atoms with van der Waals surface area (Å²) in [6.07, 6.45) is -3.28. The van der Waals surface area contributed by atoms with E-state index in [0.717, 1.165) is 17.7 Å². The molecule has 0 aliphatic heterocycles. The van der Waals surface area contributed by atoms with Crippen LogP contribution in [0, 0.1) is 5.82 Å². The predicted molar refractivity (Wildman–Crippen MR) is 136 cm³/mol. The van der Waals surface area contributed by atoms with E-state index in [-0.39, 0.29) is 24.1 Å². The molecular formula is C29H23ClF4N2O2. The van der Waals surface area contributed by atoms with Gasteiger partial charge in [-0.3, -0.25) is 10.3 Å². The molecule has 0 spiro atoms. The van der Waals surface area contributed by atoms with Crippen LogP contribution in [-0.4, -0.2) is 18.1 Å². The summed E-state index contributed by atoms with van der Waals surface area (Å²) in [4.78, 5) is 16.8. The van der Waals surface area contributed by atoms with Crippen molar-refractivity contribution in [3.05, 3.63) is 135 Å². The molecule has 1 atom stereocenters. The minimum Gasteiger partial charge on any atom is -0.465 e. The number of nitrogens with one attached hydrogen (secondary N) is 1. The Morgan fingerprint density at radius 2 is 1.63 bits per heavy atom. The normalized spacial score (nSPS) is 13.1. The molecule has 38 heavy (non-hydrogen) atoms. The monoisotopic (exact) mass is 542 g/mol. The Labute approximate surface area is 222 Å². The third-order valence-corrected chi connectivity index (χ3v) is 6.42. The van der Waals surface area contributed by atoms with E-state index in [1.54, 1.807) is 48.5 Å². The van der Waals surface area contributed by atoms with Crippen molar-refractivity contribution < 1.29 is 27.1 Å². The summed E-state index contributed by atoms with van der Waals surface area (Å²) in [7, 11) is 1.26. The maximum atomic E-state index is 14.8. The highest BCUT2D eigenvalue weighted by Crippen LogP contribution is 2.38. The molecule has 4 nitrogen and oxygen atoms in total. The van der Waals surface area contributed by atoms with Crippen LogP contribution in [0.2, 0.25) is 5.02 Å². The standard InChI is InChI=1S/C29H23ClF4N2O2/c1-38-27(37)25-10-6-5-9-20(25)17-36-28(16-19-7-3-2-4-8-19,26-12-11-23(30)18-35-26)21-13-22(29(32,33)34)15-24(31)14-21/h2-15,18,36H,16-17H2,1H3. The van der Waals surface area contributed by atoms with Crippen molar-refractivity contribution in [3.8, 4) is 0 Å². The molecule has 4 rings (SSSR count). The number of aromatic nitrogens is 1. The van der Waals surface area contributed by atoms with Crippen molar-refractivity contribution in [2.24, 2.45) is 0 Å². The Hall–Kier alpha value is -3.75. The number of rotatable bonds is 8. The molecule has 1 heterocycles. The number of ether oxygens (including phenoxy) is 1. The number of halogens is 5. The summed E-state index contributed by atoms with van der Waals surface area (Å²) in [6.45, 7) is 0.0281. The lowest BCUT2D eigenvalue weighted by atomic mass is 9.79. The Bertz CT molecular complexity index is 1410. The molecule has 0 amide bonds. The van der Waals surface area contributed by atoms with Crippen LogP contribution in [-0.2, 0) is 29.4 Å². The number of carbonyl (C=O) groups is 1. The molecule has 0 aliphatic rings. The van der Waals surface area contributed by atoms with Crippen molar-refractivity contribution in [1.29, 1.82) is 0 Å². The zero-order chi connectivity index (χ0) is 27.3. The third kappa shape index (κ3) is 6.03. The smallest absolute Gasteiger partial charge is 0.416 e. The first-order valence-corrected chi connectivity index (χ1v) is 12.0. The van der Waals surface area contributed by atoms with Crippen molar-refractivity contribution >= 4 is 17.6 Å². The fraction of sp³-hybridized carbons (Fsp3) is 0.172. The summed E-state index contributed by atoms with van der Waals surface area (Å²) in [6, 6.07) is 21.3. The highest BCUT2D eigenvalue weighted by atomic mass is 35.5. The Kier molecular flexibility index (Phi) is 8.14. The van der Waals surface area contributed by atoms with E-state index in [1.807, 2.05) is 18.2 Å². The third-order valence-electron chi connectivity index (χ3n) is 6.20. The lowest BCUT2D eigenvalue weighted by Gasteiger charge is -2.36. The van der Waals surface area contributed by atoms with Crippen molar-refractivity contribution in [3.63, 3.8) is 0 Å². The van der Waals surface area contributed by atoms with E-state index in [9.17, 15) is 22.4 Å². The van der Waals surface area contributed by atoms with Gasteiger partial charge in [0.1, 0.15) is 5.82 Å². The van der Waals surface area contributed by atoms with Gasteiger partial charge in [0, 0.05) is 19.2 Å². The van der Waals surface area contributed by atoms with E-state index in [0.29, 0.717) is 22.3 Å². The van der Waals surface area contributed by atoms with Crippen LogP contribution >= 0.6 is 11.6 Å². The van der Waals surface area contributed by atoms with Crippen LogP contribution in [0.5, 0.6) is 0 Å². The molecule has 3 aromatic carbocycles. The number of pyridine rings is 1. The lowest BCUT2D eigenvalue weighted by molar-refractivity contribution is -0.137. The van der Waals surface area contributed by atoms with Gasteiger partial charge in [0.15, 0.2) is 0 Å². The van der Waals surface area contributed by atoms with Gasteiger partial charge in [-0.1, -0.05) is 60.1 Å². The molecule has 1 N–H and O–H groups in total. The van der Waals surface area contributed by atoms with Gasteiger partial charge < -0.3 is 4.74 Å². The van der Waals surface area contributed by atoms with Crippen LogP contribution < -0.4 is 5.32 Å². The van der Waals surface area contributed by atoms with E-state index < -0.39 is 29.1 Å². The molecule has 1 unspecified atom stereocenters. The van der Waals surface area contributed by atoms with Gasteiger partial charge in [0.05, 0.1) is 34.5 Å². The largest absolute Gasteiger partial charge is 0.465 e. The van der Waals surface area contributed by atoms with Gasteiger partial charge in [0.25, 0.3) is 0 Å². The summed E-state index contributed by atoms with van der Waals surface area (Å²) >= 11 is 6.08. The van der Waals surface area contributed by atoms with Gasteiger partial charge >= 0.3 is 12.1 Å². The van der Waals surface area contributed by atoms with Crippen LogP contribution in [0.1, 0.15) is 38.3 Å². The van der Waals surface area contributed by atoms with E-state index in [1.165, 1.54) is 13.3 Å². The Morgan fingerprint density at radius 1 is 0.947 bits per heavy atom. The molecule has 196 valence electrons. The Balaban J connectivity index is 1.94. The summed E-state index contributed by atoms with van der Waals surface area (Å²) < 4.78 is 61.0. The molecule has 4 aromatic rings. The maximum absolute atomic E-state index is 14.8. The maximum Gasteiger partial charge on any atom is 0.416 e. The highest BCUT2D eigenvalue weighted by molar-refractivity contribution is 6.30. The van der Waals surface area contributed by atoms with Gasteiger partial charge in [-0.15, -0.1) is 0 Å². The first kappa shape index (κ1) is 27.3. The van der Waals surface area contributed by atoms with Crippen molar-refractivity contribution in [2.75, 3.05) is 7.11 Å². The second-order valence-electron chi connectivity index (χ2n) is 8.66. The fourth-order valence-electron chi connectivity index (χ4n) is 4.36. The van der Waals surface area contributed by atoms with Gasteiger partial charge in [-0.05, 0) is 53.1 Å². The first-order chi connectivity index (χ1) is 18.1. The predicted octanol–water partition coefficient (Wildman–Crippen LogP) is 6.96.